The van der Waals surface area contributed by atoms with Gasteiger partial charge in [-0.3, -0.25) is 9.69 Å². The van der Waals surface area contributed by atoms with Gasteiger partial charge in [0.15, 0.2) is 0 Å². The van der Waals surface area contributed by atoms with E-state index in [1.807, 2.05) is 56.8 Å². The number of hydrogen-bond donors (Lipinski definition) is 3. The van der Waals surface area contributed by atoms with Crippen molar-refractivity contribution in [3.05, 3.63) is 84.7 Å². The highest BCUT2D eigenvalue weighted by molar-refractivity contribution is 5.91. The third-order valence-corrected chi connectivity index (χ3v) is 12.5. The average Bonchev–Trinajstić information content (AvgIpc) is 3.56. The number of H-pyrrole nitrogens is 2. The predicted molar refractivity (Wildman–Crippen MR) is 228 cm³/mol. The normalized spacial score (nSPS) is 20.6. The first-order valence-electron chi connectivity index (χ1n) is 21.2. The van der Waals surface area contributed by atoms with E-state index in [9.17, 15) is 14.4 Å². The number of nitrogens with zero attached hydrogens (tertiary/aromatic N) is 4. The Kier molecular flexibility index (Phi) is 10.8. The van der Waals surface area contributed by atoms with Crippen LogP contribution in [0.5, 0.6) is 0 Å². The minimum absolute atomic E-state index is 0.0974. The molecule has 0 bridgehead atoms. The fourth-order valence-corrected chi connectivity index (χ4v) is 9.03. The second-order valence-corrected chi connectivity index (χ2v) is 18.2. The molecule has 3 amide bonds. The van der Waals surface area contributed by atoms with Crippen molar-refractivity contribution in [2.75, 3.05) is 13.7 Å². The number of alkyl carbamates (subject to hydrolysis) is 1. The maximum atomic E-state index is 13.9. The lowest BCUT2D eigenvalue weighted by atomic mass is 9.94. The van der Waals surface area contributed by atoms with Gasteiger partial charge in [-0.1, -0.05) is 69.3 Å². The molecule has 3 fully saturated rings. The summed E-state index contributed by atoms with van der Waals surface area (Å²) in [6.07, 6.45) is 9.59. The van der Waals surface area contributed by atoms with Crippen LogP contribution in [-0.2, 0) is 14.3 Å². The average molecular weight is 800 g/mol. The molecule has 2 aliphatic heterocycles. The molecule has 2 aromatic heterocycles. The Labute approximate surface area is 346 Å². The zero-order valence-corrected chi connectivity index (χ0v) is 35.3. The quantitative estimate of drug-likeness (QED) is 0.135. The minimum atomic E-state index is -0.679. The highest BCUT2D eigenvalue weighted by Gasteiger charge is 2.55. The van der Waals surface area contributed by atoms with E-state index in [1.54, 1.807) is 0 Å². The first-order valence-corrected chi connectivity index (χ1v) is 21.2. The Hall–Kier alpha value is -5.65. The molecule has 1 saturated carbocycles. The maximum absolute atomic E-state index is 13.9. The Morgan fingerprint density at radius 3 is 2.05 bits per heavy atom. The van der Waals surface area contributed by atoms with Gasteiger partial charge in [0.05, 0.1) is 43.0 Å². The first-order chi connectivity index (χ1) is 28.2. The zero-order valence-electron chi connectivity index (χ0n) is 35.3. The van der Waals surface area contributed by atoms with Gasteiger partial charge in [0.25, 0.3) is 0 Å². The summed E-state index contributed by atoms with van der Waals surface area (Å²) in [6, 6.07) is 20.5. The molecule has 1 aliphatic carbocycles. The maximum Gasteiger partial charge on any atom is 0.411 e. The number of amides is 3. The summed E-state index contributed by atoms with van der Waals surface area (Å²) < 4.78 is 10.7. The van der Waals surface area contributed by atoms with Gasteiger partial charge in [0.1, 0.15) is 23.3 Å². The number of imidazole rings is 2. The highest BCUT2D eigenvalue weighted by atomic mass is 16.6. The number of carbonyl (C=O) groups excluding carboxylic acids is 3. The molecule has 310 valence electrons. The highest BCUT2D eigenvalue weighted by Crippen LogP contribution is 2.58. The van der Waals surface area contributed by atoms with Crippen molar-refractivity contribution < 1.29 is 23.9 Å². The molecule has 12 nitrogen and oxygen atoms in total. The predicted octanol–water partition coefficient (Wildman–Crippen LogP) is 9.96. The van der Waals surface area contributed by atoms with E-state index in [-0.39, 0.29) is 41.5 Å². The number of methoxy groups -OCH3 is 1. The lowest BCUT2D eigenvalue weighted by molar-refractivity contribution is -0.135. The summed E-state index contributed by atoms with van der Waals surface area (Å²) in [6.45, 7) is 12.4. The second-order valence-electron chi connectivity index (χ2n) is 18.2. The van der Waals surface area contributed by atoms with Crippen LogP contribution >= 0.6 is 0 Å². The van der Waals surface area contributed by atoms with E-state index >= 15 is 0 Å². The number of hydrogen-bond acceptors (Lipinski definition) is 7. The van der Waals surface area contributed by atoms with Crippen LogP contribution < -0.4 is 5.32 Å². The topological polar surface area (TPSA) is 146 Å². The van der Waals surface area contributed by atoms with Gasteiger partial charge in [-0.15, -0.1) is 0 Å². The molecule has 59 heavy (non-hydrogen) atoms. The molecule has 0 radical (unpaired) electrons. The molecule has 4 atom stereocenters. The molecule has 2 saturated heterocycles. The van der Waals surface area contributed by atoms with Gasteiger partial charge in [0, 0.05) is 18.2 Å². The molecule has 5 aromatic rings. The lowest BCUT2D eigenvalue weighted by Crippen LogP contribution is -2.51. The zero-order chi connectivity index (χ0) is 41.6. The van der Waals surface area contributed by atoms with Crippen molar-refractivity contribution in [2.45, 2.75) is 116 Å². The van der Waals surface area contributed by atoms with Crippen LogP contribution in [0.2, 0.25) is 0 Å². The summed E-state index contributed by atoms with van der Waals surface area (Å²) >= 11 is 0. The molecule has 3 aromatic carbocycles. The van der Waals surface area contributed by atoms with Gasteiger partial charge in [-0.05, 0) is 117 Å². The van der Waals surface area contributed by atoms with Gasteiger partial charge in [0.2, 0.25) is 5.91 Å². The Bertz CT molecular complexity index is 2340. The van der Waals surface area contributed by atoms with Gasteiger partial charge in [-0.2, -0.15) is 0 Å². The number of likely N-dealkylation sites (tertiary alicyclic amines) is 2. The molecule has 0 unspecified atom stereocenters. The summed E-state index contributed by atoms with van der Waals surface area (Å²) in [5.41, 5.74) is 5.64. The van der Waals surface area contributed by atoms with Crippen molar-refractivity contribution in [1.29, 1.82) is 0 Å². The number of carbonyl (C=O) groups is 3. The summed E-state index contributed by atoms with van der Waals surface area (Å²) in [7, 11) is 1.31. The molecule has 4 heterocycles. The van der Waals surface area contributed by atoms with Crippen LogP contribution in [0.25, 0.3) is 44.4 Å². The second kappa shape index (κ2) is 15.8. The van der Waals surface area contributed by atoms with Crippen LogP contribution in [0.4, 0.5) is 9.59 Å². The first kappa shape index (κ1) is 40.1. The van der Waals surface area contributed by atoms with Crippen molar-refractivity contribution >= 4 is 28.9 Å². The third kappa shape index (κ3) is 8.31. The number of nitrogens with one attached hydrogen (secondary N) is 3. The smallest absolute Gasteiger partial charge is 0.411 e. The van der Waals surface area contributed by atoms with Gasteiger partial charge < -0.3 is 29.7 Å². The van der Waals surface area contributed by atoms with Crippen LogP contribution in [0.3, 0.4) is 0 Å². The number of fused-ring (bicyclic) bond motifs is 1. The molecule has 1 spiro atoms. The van der Waals surface area contributed by atoms with Crippen molar-refractivity contribution in [1.82, 2.24) is 35.1 Å². The molecular weight excluding hydrogens is 743 g/mol. The summed E-state index contributed by atoms with van der Waals surface area (Å²) in [4.78, 5) is 59.9. The molecule has 3 N–H and O–H groups in total. The van der Waals surface area contributed by atoms with Crippen LogP contribution in [0.15, 0.2) is 73.1 Å². The van der Waals surface area contributed by atoms with Gasteiger partial charge >= 0.3 is 12.2 Å². The number of benzene rings is 3. The monoisotopic (exact) mass is 799 g/mol. The molecule has 3 aliphatic rings. The summed E-state index contributed by atoms with van der Waals surface area (Å²) in [5, 5.41) is 5.00. The van der Waals surface area contributed by atoms with E-state index in [0.717, 1.165) is 101 Å². The number of aromatic nitrogens is 4. The standard InChI is InChI=1S/C47H57N7O5/c1-8-35-10-9-11-38(54(35)45(57)59-46(4,5)6)41-48-25-36(50-41)30-14-12-29(13-15-30)31-16-17-33-23-34(19-18-32(33)22-31)37-26-49-42(51-37)39-24-47(20-21-47)27-53(39)43(55)40(28(2)3)52-44(56)58-7/h12-19,22-23,25-26,28,35,38-40H,8-11,20-21,24,27H2,1-7H3,(H,48,50)(H,49,51)(H,52,56)/t35-,38-,39-,40-/m0/s1. The Balaban J connectivity index is 0.969. The van der Waals surface area contributed by atoms with E-state index in [1.165, 1.54) is 7.11 Å². The summed E-state index contributed by atoms with van der Waals surface area (Å²) in [5.74, 6) is 1.36. The van der Waals surface area contributed by atoms with Crippen LogP contribution in [0.1, 0.15) is 110 Å². The minimum Gasteiger partial charge on any atom is -0.453 e. The van der Waals surface area contributed by atoms with E-state index in [4.69, 9.17) is 19.4 Å². The van der Waals surface area contributed by atoms with Gasteiger partial charge in [-0.25, -0.2) is 19.6 Å². The van der Waals surface area contributed by atoms with Crippen molar-refractivity contribution in [3.63, 3.8) is 0 Å². The lowest BCUT2D eigenvalue weighted by Gasteiger charge is -2.41. The van der Waals surface area contributed by atoms with E-state index in [2.05, 4.69) is 82.9 Å². The van der Waals surface area contributed by atoms with Crippen LogP contribution in [-0.4, -0.2) is 79.2 Å². The molecule has 8 rings (SSSR count). The van der Waals surface area contributed by atoms with Crippen LogP contribution in [0, 0.1) is 11.3 Å². The Morgan fingerprint density at radius 2 is 1.44 bits per heavy atom. The molecular formula is C47H57N7O5. The van der Waals surface area contributed by atoms with Crippen molar-refractivity contribution in [3.8, 4) is 33.6 Å². The van der Waals surface area contributed by atoms with Crippen molar-refractivity contribution in [2.24, 2.45) is 11.3 Å². The molecule has 12 heteroatoms. The fourth-order valence-electron chi connectivity index (χ4n) is 9.03. The van der Waals surface area contributed by atoms with E-state index in [0.29, 0.717) is 6.54 Å². The number of ether oxygens (including phenoxy) is 2. The number of aromatic amines is 2. The Morgan fingerprint density at radius 1 is 0.847 bits per heavy atom. The largest absolute Gasteiger partial charge is 0.453 e. The SMILES string of the molecule is CC[C@H]1CCC[C@@H](c2ncc(-c3ccc(-c4ccc5cc(-c6cnc([C@@H]7CC8(CC8)CN7C(=O)[C@@H](NC(=O)OC)C(C)C)[nH]6)ccc5c4)cc3)[nH]2)N1C(=O)OC(C)(C)C. The number of rotatable bonds is 9. The fraction of sp³-hybridized carbons (Fsp3) is 0.468. The third-order valence-electron chi connectivity index (χ3n) is 12.5. The van der Waals surface area contributed by atoms with E-state index < -0.39 is 17.7 Å². The number of piperidine rings is 1.